The zero-order valence-electron chi connectivity index (χ0n) is 14.1. The molecule has 0 aromatic carbocycles. The molecule has 1 aromatic rings. The first-order valence-corrected chi connectivity index (χ1v) is 8.59. The lowest BCUT2D eigenvalue weighted by Crippen LogP contribution is -2.45. The van der Waals surface area contributed by atoms with Gasteiger partial charge in [0.1, 0.15) is 0 Å². The molecular formula is C17H26ClN3O2. The lowest BCUT2D eigenvalue weighted by molar-refractivity contribution is 0.0817. The minimum atomic E-state index is -0.188. The summed E-state index contributed by atoms with van der Waals surface area (Å²) in [6.07, 6.45) is 3.53. The van der Waals surface area contributed by atoms with Crippen molar-refractivity contribution in [2.75, 3.05) is 19.7 Å². The largest absolute Gasteiger partial charge is 0.449 e. The van der Waals surface area contributed by atoms with E-state index in [4.69, 9.17) is 16.3 Å². The molecule has 5 nitrogen and oxygen atoms in total. The van der Waals surface area contributed by atoms with Crippen molar-refractivity contribution in [3.05, 3.63) is 28.5 Å². The van der Waals surface area contributed by atoms with Crippen molar-refractivity contribution in [3.8, 4) is 0 Å². The summed E-state index contributed by atoms with van der Waals surface area (Å²) >= 11 is 6.09. The number of nitrogens with zero attached hydrogens (tertiary/aromatic N) is 2. The molecule has 0 unspecified atom stereocenters. The number of carbonyl (C=O) groups is 1. The van der Waals surface area contributed by atoms with E-state index in [0.717, 1.165) is 43.7 Å². The van der Waals surface area contributed by atoms with Crippen LogP contribution in [0.2, 0.25) is 5.02 Å². The minimum absolute atomic E-state index is 0.188. The average molecular weight is 340 g/mol. The van der Waals surface area contributed by atoms with Crippen LogP contribution >= 0.6 is 11.6 Å². The van der Waals surface area contributed by atoms with E-state index < -0.39 is 0 Å². The van der Waals surface area contributed by atoms with E-state index in [1.54, 1.807) is 4.90 Å². The van der Waals surface area contributed by atoms with Gasteiger partial charge in [-0.2, -0.15) is 0 Å². The number of nitrogens with one attached hydrogen (secondary N) is 1. The van der Waals surface area contributed by atoms with Crippen LogP contribution in [0, 0.1) is 12.8 Å². The van der Waals surface area contributed by atoms with Crippen molar-refractivity contribution in [1.82, 2.24) is 15.2 Å². The fourth-order valence-electron chi connectivity index (χ4n) is 2.50. The number of hydrogen-bond acceptors (Lipinski definition) is 4. The van der Waals surface area contributed by atoms with Gasteiger partial charge < -0.3 is 15.0 Å². The molecule has 0 saturated carbocycles. The van der Waals surface area contributed by atoms with E-state index in [0.29, 0.717) is 23.6 Å². The summed E-state index contributed by atoms with van der Waals surface area (Å²) in [5.74, 6) is 0.369. The van der Waals surface area contributed by atoms with Crippen LogP contribution in [0.15, 0.2) is 12.3 Å². The molecule has 1 aliphatic heterocycles. The molecule has 2 rings (SSSR count). The molecule has 1 N–H and O–H groups in total. The molecule has 1 fully saturated rings. The van der Waals surface area contributed by atoms with E-state index in [9.17, 15) is 4.79 Å². The predicted molar refractivity (Wildman–Crippen MR) is 91.6 cm³/mol. The van der Waals surface area contributed by atoms with Crippen LogP contribution in [-0.2, 0) is 11.3 Å². The summed E-state index contributed by atoms with van der Waals surface area (Å²) in [7, 11) is 0. The maximum absolute atomic E-state index is 11.9. The molecule has 1 aliphatic rings. The number of amides is 1. The van der Waals surface area contributed by atoms with Gasteiger partial charge in [0, 0.05) is 31.9 Å². The smallest absolute Gasteiger partial charge is 0.409 e. The molecule has 128 valence electrons. The highest BCUT2D eigenvalue weighted by Crippen LogP contribution is 2.16. The van der Waals surface area contributed by atoms with Gasteiger partial charge in [-0.05, 0) is 37.3 Å². The van der Waals surface area contributed by atoms with Gasteiger partial charge in [0.15, 0.2) is 0 Å². The topological polar surface area (TPSA) is 54.5 Å². The Bertz CT molecular complexity index is 529. The highest BCUT2D eigenvalue weighted by Gasteiger charge is 2.23. The molecule has 1 aromatic heterocycles. The first-order valence-electron chi connectivity index (χ1n) is 8.22. The van der Waals surface area contributed by atoms with Gasteiger partial charge >= 0.3 is 6.09 Å². The van der Waals surface area contributed by atoms with E-state index in [2.05, 4.69) is 10.3 Å². The first kappa shape index (κ1) is 18.0. The Hall–Kier alpha value is -1.33. The number of aryl methyl sites for hydroxylation is 1. The summed E-state index contributed by atoms with van der Waals surface area (Å²) in [6.45, 7) is 8.68. The molecule has 0 radical (unpaired) electrons. The van der Waals surface area contributed by atoms with Crippen LogP contribution in [0.25, 0.3) is 0 Å². The number of halogens is 1. The Morgan fingerprint density at radius 2 is 2.17 bits per heavy atom. The second kappa shape index (κ2) is 8.50. The fourth-order valence-corrected chi connectivity index (χ4v) is 2.69. The summed E-state index contributed by atoms with van der Waals surface area (Å²) in [5, 5.41) is 4.22. The van der Waals surface area contributed by atoms with Crippen molar-refractivity contribution in [1.29, 1.82) is 0 Å². The van der Waals surface area contributed by atoms with Gasteiger partial charge in [-0.1, -0.05) is 25.4 Å². The van der Waals surface area contributed by atoms with Gasteiger partial charge in [-0.3, -0.25) is 4.98 Å². The zero-order chi connectivity index (χ0) is 16.8. The monoisotopic (exact) mass is 339 g/mol. The number of piperidine rings is 1. The van der Waals surface area contributed by atoms with Crippen molar-refractivity contribution in [3.63, 3.8) is 0 Å². The summed E-state index contributed by atoms with van der Waals surface area (Å²) in [5.41, 5.74) is 1.93. The number of pyridine rings is 1. The number of carbonyl (C=O) groups excluding carboxylic acids is 1. The van der Waals surface area contributed by atoms with Crippen LogP contribution in [0.4, 0.5) is 4.79 Å². The Morgan fingerprint density at radius 3 is 2.78 bits per heavy atom. The third-order valence-electron chi connectivity index (χ3n) is 3.97. The van der Waals surface area contributed by atoms with E-state index in [1.807, 2.05) is 33.0 Å². The lowest BCUT2D eigenvalue weighted by atomic mass is 10.1. The average Bonchev–Trinajstić information content (AvgIpc) is 2.54. The normalized spacial score (nSPS) is 16.0. The van der Waals surface area contributed by atoms with Crippen molar-refractivity contribution < 1.29 is 9.53 Å². The van der Waals surface area contributed by atoms with Gasteiger partial charge in [-0.25, -0.2) is 4.79 Å². The van der Waals surface area contributed by atoms with Gasteiger partial charge in [0.05, 0.1) is 17.3 Å². The van der Waals surface area contributed by atoms with Gasteiger partial charge in [0.2, 0.25) is 0 Å². The SMILES string of the molecule is Cc1ncc(CNC2CCN(C(=O)OCC(C)C)CC2)cc1Cl. The number of rotatable bonds is 5. The molecule has 0 aliphatic carbocycles. The maximum atomic E-state index is 11.9. The molecule has 6 heteroatoms. The number of ether oxygens (including phenoxy) is 1. The summed E-state index contributed by atoms with van der Waals surface area (Å²) in [4.78, 5) is 18.0. The lowest BCUT2D eigenvalue weighted by Gasteiger charge is -2.32. The molecule has 0 spiro atoms. The van der Waals surface area contributed by atoms with Crippen molar-refractivity contribution in [2.24, 2.45) is 5.92 Å². The molecular weight excluding hydrogens is 314 g/mol. The second-order valence-corrected chi connectivity index (χ2v) is 6.93. The number of hydrogen-bond donors (Lipinski definition) is 1. The van der Waals surface area contributed by atoms with Crippen LogP contribution < -0.4 is 5.32 Å². The van der Waals surface area contributed by atoms with Crippen LogP contribution in [0.5, 0.6) is 0 Å². The zero-order valence-corrected chi connectivity index (χ0v) is 14.9. The van der Waals surface area contributed by atoms with Crippen LogP contribution in [0.1, 0.15) is 37.9 Å². The predicted octanol–water partition coefficient (Wildman–Crippen LogP) is 3.39. The Kier molecular flexibility index (Phi) is 6.66. The molecule has 1 amide bonds. The number of aromatic nitrogens is 1. The van der Waals surface area contributed by atoms with Crippen LogP contribution in [0.3, 0.4) is 0 Å². The molecule has 0 bridgehead atoms. The minimum Gasteiger partial charge on any atom is -0.449 e. The van der Waals surface area contributed by atoms with Gasteiger partial charge in [0.25, 0.3) is 0 Å². The third kappa shape index (κ3) is 5.66. The van der Waals surface area contributed by atoms with Crippen molar-refractivity contribution in [2.45, 2.75) is 46.2 Å². The molecule has 0 atom stereocenters. The Morgan fingerprint density at radius 1 is 1.48 bits per heavy atom. The first-order chi connectivity index (χ1) is 11.0. The molecule has 2 heterocycles. The molecule has 23 heavy (non-hydrogen) atoms. The maximum Gasteiger partial charge on any atom is 0.409 e. The third-order valence-corrected chi connectivity index (χ3v) is 4.35. The Balaban J connectivity index is 1.72. The summed E-state index contributed by atoms with van der Waals surface area (Å²) in [6, 6.07) is 2.36. The van der Waals surface area contributed by atoms with Crippen LogP contribution in [-0.4, -0.2) is 41.7 Å². The highest BCUT2D eigenvalue weighted by molar-refractivity contribution is 6.31. The highest BCUT2D eigenvalue weighted by atomic mass is 35.5. The fraction of sp³-hybridized carbons (Fsp3) is 0.647. The summed E-state index contributed by atoms with van der Waals surface area (Å²) < 4.78 is 5.28. The number of likely N-dealkylation sites (tertiary alicyclic amines) is 1. The Labute approximate surface area is 143 Å². The van der Waals surface area contributed by atoms with E-state index in [1.165, 1.54) is 0 Å². The van der Waals surface area contributed by atoms with Gasteiger partial charge in [-0.15, -0.1) is 0 Å². The standard InChI is InChI=1S/C17H26ClN3O2/c1-12(2)11-23-17(22)21-6-4-15(5-7-21)20-10-14-8-16(18)13(3)19-9-14/h8-9,12,15,20H,4-7,10-11H2,1-3H3. The van der Waals surface area contributed by atoms with Crippen molar-refractivity contribution >= 4 is 17.7 Å². The quantitative estimate of drug-likeness (QED) is 0.893. The molecule has 1 saturated heterocycles. The second-order valence-electron chi connectivity index (χ2n) is 6.52. The van der Waals surface area contributed by atoms with E-state index in [-0.39, 0.29) is 6.09 Å². The van der Waals surface area contributed by atoms with E-state index >= 15 is 0 Å².